The molecule has 0 aromatic heterocycles. The molecule has 2 aliphatic carbocycles. The molecule has 0 aromatic rings. The Morgan fingerprint density at radius 1 is 1.00 bits per heavy atom. The number of rotatable bonds is 2. The standard InChI is InChI=1S/C11H19ClO/c12-8-13-11-6-5-9-3-1-2-4-10(9)7-11/h9-11H,1-8H2. The van der Waals surface area contributed by atoms with Gasteiger partial charge in [-0.25, -0.2) is 0 Å². The van der Waals surface area contributed by atoms with E-state index in [-0.39, 0.29) is 0 Å². The fraction of sp³-hybridized carbons (Fsp3) is 1.00. The molecule has 0 amide bonds. The van der Waals surface area contributed by atoms with Crippen LogP contribution in [-0.2, 0) is 4.74 Å². The molecule has 2 heteroatoms. The zero-order chi connectivity index (χ0) is 9.10. The van der Waals surface area contributed by atoms with Crippen LogP contribution in [0.5, 0.6) is 0 Å². The molecule has 3 unspecified atom stereocenters. The van der Waals surface area contributed by atoms with Crippen LogP contribution in [-0.4, -0.2) is 12.2 Å². The molecule has 0 heterocycles. The molecule has 0 aromatic carbocycles. The van der Waals surface area contributed by atoms with E-state index in [0.29, 0.717) is 12.2 Å². The van der Waals surface area contributed by atoms with Gasteiger partial charge in [0, 0.05) is 0 Å². The van der Waals surface area contributed by atoms with Crippen LogP contribution >= 0.6 is 11.6 Å². The van der Waals surface area contributed by atoms with E-state index < -0.39 is 0 Å². The minimum atomic E-state index is 0.377. The minimum Gasteiger partial charge on any atom is -0.362 e. The summed E-state index contributed by atoms with van der Waals surface area (Å²) in [5.41, 5.74) is 0. The summed E-state index contributed by atoms with van der Waals surface area (Å²) in [6.07, 6.45) is 10.2. The molecule has 13 heavy (non-hydrogen) atoms. The monoisotopic (exact) mass is 202 g/mol. The lowest BCUT2D eigenvalue weighted by atomic mass is 9.70. The van der Waals surface area contributed by atoms with E-state index in [1.54, 1.807) is 0 Å². The van der Waals surface area contributed by atoms with Crippen molar-refractivity contribution < 1.29 is 4.74 Å². The van der Waals surface area contributed by atoms with Crippen LogP contribution in [0.4, 0.5) is 0 Å². The van der Waals surface area contributed by atoms with Crippen molar-refractivity contribution in [1.29, 1.82) is 0 Å². The lowest BCUT2D eigenvalue weighted by Crippen LogP contribution is -2.31. The molecule has 2 saturated carbocycles. The Morgan fingerprint density at radius 2 is 1.77 bits per heavy atom. The molecule has 2 fully saturated rings. The summed E-state index contributed by atoms with van der Waals surface area (Å²) in [6, 6.07) is 0.377. The van der Waals surface area contributed by atoms with E-state index in [1.165, 1.54) is 44.9 Å². The Labute approximate surface area is 85.8 Å². The zero-order valence-corrected chi connectivity index (χ0v) is 8.93. The first-order valence-electron chi connectivity index (χ1n) is 5.57. The van der Waals surface area contributed by atoms with Gasteiger partial charge in [0.25, 0.3) is 0 Å². The van der Waals surface area contributed by atoms with Gasteiger partial charge in [-0.3, -0.25) is 0 Å². The molecule has 0 saturated heterocycles. The van der Waals surface area contributed by atoms with Gasteiger partial charge >= 0.3 is 0 Å². The smallest absolute Gasteiger partial charge is 0.121 e. The first kappa shape index (κ1) is 9.79. The van der Waals surface area contributed by atoms with Crippen LogP contribution in [0.3, 0.4) is 0 Å². The predicted molar refractivity (Wildman–Crippen MR) is 54.9 cm³/mol. The summed E-state index contributed by atoms with van der Waals surface area (Å²) >= 11 is 5.59. The van der Waals surface area contributed by atoms with Crippen LogP contribution < -0.4 is 0 Å². The summed E-state index contributed by atoms with van der Waals surface area (Å²) in [4.78, 5) is 0. The van der Waals surface area contributed by atoms with Crippen LogP contribution in [0.1, 0.15) is 44.9 Å². The van der Waals surface area contributed by atoms with Crippen molar-refractivity contribution in [2.24, 2.45) is 11.8 Å². The highest BCUT2D eigenvalue weighted by Crippen LogP contribution is 2.41. The van der Waals surface area contributed by atoms with Crippen LogP contribution in [0.25, 0.3) is 0 Å². The Bertz CT molecular complexity index is 160. The maximum absolute atomic E-state index is 5.59. The highest BCUT2D eigenvalue weighted by molar-refractivity contribution is 6.17. The van der Waals surface area contributed by atoms with Crippen LogP contribution in [0.2, 0.25) is 0 Å². The van der Waals surface area contributed by atoms with Crippen molar-refractivity contribution in [3.63, 3.8) is 0 Å². The molecule has 2 rings (SSSR count). The quantitative estimate of drug-likeness (QED) is 0.623. The van der Waals surface area contributed by atoms with Crippen molar-refractivity contribution in [3.05, 3.63) is 0 Å². The Hall–Kier alpha value is 0.250. The van der Waals surface area contributed by atoms with Gasteiger partial charge in [0.05, 0.1) is 6.10 Å². The molecule has 0 bridgehead atoms. The van der Waals surface area contributed by atoms with Gasteiger partial charge in [-0.05, 0) is 31.1 Å². The van der Waals surface area contributed by atoms with Crippen molar-refractivity contribution in [2.45, 2.75) is 51.0 Å². The van der Waals surface area contributed by atoms with Crippen LogP contribution in [0, 0.1) is 11.8 Å². The lowest BCUT2D eigenvalue weighted by Gasteiger charge is -2.38. The van der Waals surface area contributed by atoms with Gasteiger partial charge in [0.2, 0.25) is 0 Å². The number of alkyl halides is 1. The minimum absolute atomic E-state index is 0.377. The van der Waals surface area contributed by atoms with Gasteiger partial charge in [-0.15, -0.1) is 0 Å². The second-order valence-corrected chi connectivity index (χ2v) is 4.73. The van der Waals surface area contributed by atoms with Crippen molar-refractivity contribution in [2.75, 3.05) is 6.07 Å². The Balaban J connectivity index is 1.84. The average molecular weight is 203 g/mol. The summed E-state index contributed by atoms with van der Waals surface area (Å²) in [5, 5.41) is 0. The second kappa shape index (κ2) is 4.65. The highest BCUT2D eigenvalue weighted by Gasteiger charge is 2.32. The number of hydrogen-bond donors (Lipinski definition) is 0. The zero-order valence-electron chi connectivity index (χ0n) is 8.18. The molecule has 1 nitrogen and oxygen atoms in total. The third-order valence-electron chi connectivity index (χ3n) is 3.79. The van der Waals surface area contributed by atoms with Gasteiger partial charge in [-0.1, -0.05) is 37.3 Å². The molecule has 0 radical (unpaired) electrons. The van der Waals surface area contributed by atoms with Crippen LogP contribution in [0.15, 0.2) is 0 Å². The molecule has 0 N–H and O–H groups in total. The first-order chi connectivity index (χ1) is 6.40. The van der Waals surface area contributed by atoms with E-state index in [2.05, 4.69) is 0 Å². The van der Waals surface area contributed by atoms with E-state index in [9.17, 15) is 0 Å². The Kier molecular flexibility index (Phi) is 3.51. The first-order valence-corrected chi connectivity index (χ1v) is 6.11. The highest BCUT2D eigenvalue weighted by atomic mass is 35.5. The van der Waals surface area contributed by atoms with Crippen molar-refractivity contribution in [3.8, 4) is 0 Å². The van der Waals surface area contributed by atoms with E-state index in [0.717, 1.165) is 11.8 Å². The third-order valence-corrected chi connectivity index (χ3v) is 3.92. The summed E-state index contributed by atoms with van der Waals surface area (Å²) in [5.74, 6) is 1.97. The number of hydrogen-bond acceptors (Lipinski definition) is 1. The molecule has 0 aliphatic heterocycles. The number of fused-ring (bicyclic) bond motifs is 1. The van der Waals surface area contributed by atoms with Crippen molar-refractivity contribution >= 4 is 11.6 Å². The molecule has 0 spiro atoms. The molecular weight excluding hydrogens is 184 g/mol. The predicted octanol–water partition coefficient (Wildman–Crippen LogP) is 3.56. The van der Waals surface area contributed by atoms with Gasteiger partial charge in [0.15, 0.2) is 0 Å². The van der Waals surface area contributed by atoms with Crippen molar-refractivity contribution in [1.82, 2.24) is 0 Å². The maximum Gasteiger partial charge on any atom is 0.121 e. The van der Waals surface area contributed by atoms with E-state index >= 15 is 0 Å². The largest absolute Gasteiger partial charge is 0.362 e. The topological polar surface area (TPSA) is 9.23 Å². The van der Waals surface area contributed by atoms with Gasteiger partial charge in [-0.2, -0.15) is 0 Å². The van der Waals surface area contributed by atoms with E-state index in [1.807, 2.05) is 0 Å². The molecule has 76 valence electrons. The number of ether oxygens (including phenoxy) is 1. The summed E-state index contributed by atoms with van der Waals surface area (Å²) < 4.78 is 5.50. The molecule has 2 aliphatic rings. The molecular formula is C11H19ClO. The summed E-state index contributed by atoms with van der Waals surface area (Å²) in [6.45, 7) is 0. The molecule has 3 atom stereocenters. The second-order valence-electron chi connectivity index (χ2n) is 4.52. The maximum atomic E-state index is 5.59. The number of halogens is 1. The SMILES string of the molecule is ClCOC1CCC2CCCCC2C1. The van der Waals surface area contributed by atoms with Gasteiger partial charge < -0.3 is 4.74 Å². The van der Waals surface area contributed by atoms with E-state index in [4.69, 9.17) is 16.3 Å². The third kappa shape index (κ3) is 2.38. The van der Waals surface area contributed by atoms with Gasteiger partial charge in [0.1, 0.15) is 6.07 Å². The average Bonchev–Trinajstić information content (AvgIpc) is 2.18. The lowest BCUT2D eigenvalue weighted by molar-refractivity contribution is 0.00691. The fourth-order valence-corrected chi connectivity index (χ4v) is 3.25. The summed E-state index contributed by atoms with van der Waals surface area (Å²) in [7, 11) is 0. The fourth-order valence-electron chi connectivity index (χ4n) is 3.07. The Morgan fingerprint density at radius 3 is 2.54 bits per heavy atom. The normalized spacial score (nSPS) is 39.9.